The molecule has 1 atom stereocenters. The Kier molecular flexibility index (Phi) is 2.52. The van der Waals surface area contributed by atoms with E-state index in [1.54, 1.807) is 0 Å². The molecule has 1 heteroatoms. The first-order valence-electron chi connectivity index (χ1n) is 4.06. The molecule has 1 unspecified atom stereocenters. The molecule has 1 N–H and O–H groups in total. The van der Waals surface area contributed by atoms with E-state index in [1.165, 1.54) is 25.8 Å². The van der Waals surface area contributed by atoms with Gasteiger partial charge in [0, 0.05) is 6.04 Å². The standard InChI is InChI=1S/C8H17N/c1-3-7(2)6-9-8-4-5-8/h7-9H,3-6H2,1-2H3. The fourth-order valence-electron chi connectivity index (χ4n) is 0.800. The lowest BCUT2D eigenvalue weighted by Gasteiger charge is -2.07. The van der Waals surface area contributed by atoms with Crippen LogP contribution >= 0.6 is 0 Å². The number of nitrogens with one attached hydrogen (secondary N) is 1. The van der Waals surface area contributed by atoms with E-state index in [0.29, 0.717) is 0 Å². The molecular formula is C8H17N. The van der Waals surface area contributed by atoms with Crippen molar-refractivity contribution in [3.05, 3.63) is 0 Å². The molecule has 0 saturated heterocycles. The molecule has 1 fully saturated rings. The van der Waals surface area contributed by atoms with E-state index in [4.69, 9.17) is 0 Å². The Balaban J connectivity index is 1.90. The minimum Gasteiger partial charge on any atom is -0.314 e. The molecule has 54 valence electrons. The van der Waals surface area contributed by atoms with Gasteiger partial charge in [0.15, 0.2) is 0 Å². The van der Waals surface area contributed by atoms with Crippen LogP contribution < -0.4 is 5.32 Å². The fourth-order valence-corrected chi connectivity index (χ4v) is 0.800. The first-order chi connectivity index (χ1) is 4.33. The molecule has 0 amide bonds. The van der Waals surface area contributed by atoms with Crippen molar-refractivity contribution < 1.29 is 0 Å². The third-order valence-corrected chi connectivity index (χ3v) is 2.03. The van der Waals surface area contributed by atoms with Crippen molar-refractivity contribution in [3.8, 4) is 0 Å². The summed E-state index contributed by atoms with van der Waals surface area (Å²) < 4.78 is 0. The van der Waals surface area contributed by atoms with E-state index in [1.807, 2.05) is 0 Å². The zero-order valence-electron chi connectivity index (χ0n) is 6.48. The van der Waals surface area contributed by atoms with Crippen LogP contribution in [-0.4, -0.2) is 12.6 Å². The maximum absolute atomic E-state index is 3.51. The highest BCUT2D eigenvalue weighted by molar-refractivity contribution is 4.81. The Morgan fingerprint density at radius 2 is 2.22 bits per heavy atom. The van der Waals surface area contributed by atoms with Crippen molar-refractivity contribution in [2.75, 3.05) is 6.54 Å². The predicted octanol–water partition coefficient (Wildman–Crippen LogP) is 1.78. The van der Waals surface area contributed by atoms with Gasteiger partial charge in [-0.3, -0.25) is 0 Å². The van der Waals surface area contributed by atoms with Crippen molar-refractivity contribution in [2.24, 2.45) is 5.92 Å². The fraction of sp³-hybridized carbons (Fsp3) is 1.00. The number of rotatable bonds is 4. The molecule has 0 aliphatic heterocycles. The minimum absolute atomic E-state index is 0.866. The van der Waals surface area contributed by atoms with E-state index >= 15 is 0 Å². The average Bonchev–Trinajstić information content (AvgIpc) is 2.65. The molecule has 0 bridgehead atoms. The molecule has 9 heavy (non-hydrogen) atoms. The molecule has 0 heterocycles. The van der Waals surface area contributed by atoms with Crippen LogP contribution in [0.2, 0.25) is 0 Å². The SMILES string of the molecule is CCC(C)CNC1CC1. The van der Waals surface area contributed by atoms with Crippen molar-refractivity contribution in [2.45, 2.75) is 39.2 Å². The number of hydrogen-bond donors (Lipinski definition) is 1. The molecule has 0 aromatic rings. The van der Waals surface area contributed by atoms with Crippen LogP contribution in [-0.2, 0) is 0 Å². The van der Waals surface area contributed by atoms with Crippen LogP contribution in [0.5, 0.6) is 0 Å². The highest BCUT2D eigenvalue weighted by Gasteiger charge is 2.20. The molecular weight excluding hydrogens is 110 g/mol. The van der Waals surface area contributed by atoms with Gasteiger partial charge in [0.25, 0.3) is 0 Å². The Labute approximate surface area is 57.8 Å². The van der Waals surface area contributed by atoms with E-state index < -0.39 is 0 Å². The first kappa shape index (κ1) is 7.07. The molecule has 0 aromatic heterocycles. The largest absolute Gasteiger partial charge is 0.314 e. The van der Waals surface area contributed by atoms with E-state index in [-0.39, 0.29) is 0 Å². The van der Waals surface area contributed by atoms with Gasteiger partial charge in [0.05, 0.1) is 0 Å². The molecule has 1 aliphatic rings. The molecule has 1 nitrogen and oxygen atoms in total. The second-order valence-electron chi connectivity index (χ2n) is 3.20. The quantitative estimate of drug-likeness (QED) is 0.607. The lowest BCUT2D eigenvalue weighted by atomic mass is 10.1. The van der Waals surface area contributed by atoms with Gasteiger partial charge in [0.2, 0.25) is 0 Å². The molecule has 1 saturated carbocycles. The lowest BCUT2D eigenvalue weighted by molar-refractivity contribution is 0.498. The van der Waals surface area contributed by atoms with Gasteiger partial charge in [-0.2, -0.15) is 0 Å². The predicted molar refractivity (Wildman–Crippen MR) is 40.5 cm³/mol. The normalized spacial score (nSPS) is 22.0. The third-order valence-electron chi connectivity index (χ3n) is 2.03. The van der Waals surface area contributed by atoms with E-state index in [9.17, 15) is 0 Å². The molecule has 1 aliphatic carbocycles. The van der Waals surface area contributed by atoms with Gasteiger partial charge in [-0.25, -0.2) is 0 Å². The molecule has 1 rings (SSSR count). The summed E-state index contributed by atoms with van der Waals surface area (Å²) >= 11 is 0. The molecule has 0 aromatic carbocycles. The Morgan fingerprint density at radius 3 is 2.67 bits per heavy atom. The molecule has 0 spiro atoms. The van der Waals surface area contributed by atoms with Crippen molar-refractivity contribution in [3.63, 3.8) is 0 Å². The Morgan fingerprint density at radius 1 is 1.56 bits per heavy atom. The summed E-state index contributed by atoms with van der Waals surface area (Å²) in [6.45, 7) is 5.77. The monoisotopic (exact) mass is 127 g/mol. The van der Waals surface area contributed by atoms with Gasteiger partial charge in [-0.15, -0.1) is 0 Å². The maximum Gasteiger partial charge on any atom is 0.00683 e. The highest BCUT2D eigenvalue weighted by Crippen LogP contribution is 2.18. The van der Waals surface area contributed by atoms with Crippen molar-refractivity contribution in [1.82, 2.24) is 5.32 Å². The van der Waals surface area contributed by atoms with Crippen molar-refractivity contribution >= 4 is 0 Å². The van der Waals surface area contributed by atoms with Crippen LogP contribution in [0.1, 0.15) is 33.1 Å². The maximum atomic E-state index is 3.51. The van der Waals surface area contributed by atoms with Gasteiger partial charge in [-0.05, 0) is 25.3 Å². The van der Waals surface area contributed by atoms with Crippen molar-refractivity contribution in [1.29, 1.82) is 0 Å². The van der Waals surface area contributed by atoms with Gasteiger partial charge in [-0.1, -0.05) is 20.3 Å². The summed E-state index contributed by atoms with van der Waals surface area (Å²) in [5.74, 6) is 0.866. The topological polar surface area (TPSA) is 12.0 Å². The van der Waals surface area contributed by atoms with Crippen LogP contribution in [0, 0.1) is 5.92 Å². The summed E-state index contributed by atoms with van der Waals surface area (Å²) in [5.41, 5.74) is 0. The van der Waals surface area contributed by atoms with Gasteiger partial charge in [0.1, 0.15) is 0 Å². The lowest BCUT2D eigenvalue weighted by Crippen LogP contribution is -2.22. The van der Waals surface area contributed by atoms with E-state index in [0.717, 1.165) is 12.0 Å². The van der Waals surface area contributed by atoms with Crippen LogP contribution in [0.25, 0.3) is 0 Å². The minimum atomic E-state index is 0.866. The summed E-state index contributed by atoms with van der Waals surface area (Å²) in [7, 11) is 0. The van der Waals surface area contributed by atoms with Crippen LogP contribution in [0.15, 0.2) is 0 Å². The van der Waals surface area contributed by atoms with Crippen LogP contribution in [0.4, 0.5) is 0 Å². The average molecular weight is 127 g/mol. The highest BCUT2D eigenvalue weighted by atomic mass is 14.9. The Bertz CT molecular complexity index is 76.6. The Hall–Kier alpha value is -0.0400. The summed E-state index contributed by atoms with van der Waals surface area (Å²) in [4.78, 5) is 0. The zero-order chi connectivity index (χ0) is 6.69. The number of hydrogen-bond acceptors (Lipinski definition) is 1. The first-order valence-corrected chi connectivity index (χ1v) is 4.06. The summed E-state index contributed by atoms with van der Waals surface area (Å²) in [5, 5.41) is 3.51. The summed E-state index contributed by atoms with van der Waals surface area (Å²) in [6, 6.07) is 0.888. The second kappa shape index (κ2) is 3.21. The zero-order valence-corrected chi connectivity index (χ0v) is 6.48. The van der Waals surface area contributed by atoms with E-state index in [2.05, 4.69) is 19.2 Å². The van der Waals surface area contributed by atoms with Crippen LogP contribution in [0.3, 0.4) is 0 Å². The second-order valence-corrected chi connectivity index (χ2v) is 3.20. The van der Waals surface area contributed by atoms with Gasteiger partial charge < -0.3 is 5.32 Å². The smallest absolute Gasteiger partial charge is 0.00683 e. The summed E-state index contributed by atoms with van der Waals surface area (Å²) in [6.07, 6.45) is 4.13. The third kappa shape index (κ3) is 2.85. The molecule has 0 radical (unpaired) electrons. The van der Waals surface area contributed by atoms with Gasteiger partial charge >= 0.3 is 0 Å².